The largest absolute Gasteiger partial charge is 0.493 e. The number of para-hydroxylation sites is 1. The molecule has 0 unspecified atom stereocenters. The summed E-state index contributed by atoms with van der Waals surface area (Å²) in [5.74, 6) is 1.30. The van der Waals surface area contributed by atoms with Crippen LogP contribution in [0.2, 0.25) is 0 Å². The number of ether oxygens (including phenoxy) is 2. The van der Waals surface area contributed by atoms with Crippen LogP contribution in [0.4, 0.5) is 0 Å². The Bertz CT molecular complexity index is 1940. The van der Waals surface area contributed by atoms with Gasteiger partial charge in [-0.15, -0.1) is 0 Å². The number of thiazole rings is 1. The zero-order valence-corrected chi connectivity index (χ0v) is 21.8. The summed E-state index contributed by atoms with van der Waals surface area (Å²) in [6, 6.07) is 22.2. The maximum Gasteiger partial charge on any atom is 0.271 e. The van der Waals surface area contributed by atoms with Crippen molar-refractivity contribution in [2.45, 2.75) is 18.9 Å². The Morgan fingerprint density at radius 2 is 1.82 bits per heavy atom. The van der Waals surface area contributed by atoms with Gasteiger partial charge in [-0.05, 0) is 53.8 Å². The number of benzene rings is 3. The Labute approximate surface area is 222 Å². The highest BCUT2D eigenvalue weighted by atomic mass is 32.1. The van der Waals surface area contributed by atoms with Crippen LogP contribution in [0.3, 0.4) is 0 Å². The van der Waals surface area contributed by atoms with Crippen LogP contribution in [0.25, 0.3) is 22.7 Å². The molecule has 0 radical (unpaired) electrons. The second kappa shape index (κ2) is 8.89. The lowest BCUT2D eigenvalue weighted by Crippen LogP contribution is -2.38. The topological polar surface area (TPSA) is 68.6 Å². The molecule has 0 fully saturated rings. The molecular weight excluding hydrogens is 494 g/mol. The van der Waals surface area contributed by atoms with E-state index in [2.05, 4.69) is 35.3 Å². The molecule has 6 nitrogen and oxygen atoms in total. The van der Waals surface area contributed by atoms with Gasteiger partial charge in [0.25, 0.3) is 5.56 Å². The van der Waals surface area contributed by atoms with E-state index in [0.717, 1.165) is 51.7 Å². The van der Waals surface area contributed by atoms with Crippen LogP contribution in [-0.2, 0) is 6.42 Å². The average Bonchev–Trinajstić information content (AvgIpc) is 3.51. The molecule has 1 atom stereocenters. The minimum atomic E-state index is -0.278. The van der Waals surface area contributed by atoms with Crippen molar-refractivity contribution in [2.75, 3.05) is 14.2 Å². The van der Waals surface area contributed by atoms with Crippen LogP contribution < -0.4 is 24.4 Å². The number of aromatic nitrogens is 2. The van der Waals surface area contributed by atoms with Gasteiger partial charge in [-0.1, -0.05) is 59.9 Å². The maximum absolute atomic E-state index is 14.1. The first-order chi connectivity index (χ1) is 18.7. The van der Waals surface area contributed by atoms with Crippen molar-refractivity contribution >= 4 is 34.0 Å². The number of aryl methyl sites for hydroxylation is 1. The van der Waals surface area contributed by atoms with E-state index in [-0.39, 0.29) is 11.6 Å². The zero-order valence-electron chi connectivity index (χ0n) is 21.0. The molecule has 1 N–H and O–H groups in total. The van der Waals surface area contributed by atoms with E-state index in [0.29, 0.717) is 20.8 Å². The molecule has 0 amide bonds. The predicted octanol–water partition coefficient (Wildman–Crippen LogP) is 4.82. The molecule has 0 bridgehead atoms. The molecule has 3 aromatic carbocycles. The number of hydrogen-bond donors (Lipinski definition) is 1. The minimum Gasteiger partial charge on any atom is -0.493 e. The van der Waals surface area contributed by atoms with Gasteiger partial charge < -0.3 is 14.5 Å². The number of rotatable bonds is 4. The molecule has 2 aliphatic rings. The zero-order chi connectivity index (χ0) is 25.8. The van der Waals surface area contributed by atoms with E-state index in [1.54, 1.807) is 14.2 Å². The molecule has 3 heterocycles. The fourth-order valence-electron chi connectivity index (χ4n) is 5.70. The van der Waals surface area contributed by atoms with Crippen molar-refractivity contribution in [1.82, 2.24) is 9.55 Å². The first-order valence-corrected chi connectivity index (χ1v) is 13.4. The van der Waals surface area contributed by atoms with Crippen molar-refractivity contribution < 1.29 is 9.47 Å². The lowest BCUT2D eigenvalue weighted by atomic mass is 9.83. The van der Waals surface area contributed by atoms with Crippen molar-refractivity contribution in [2.24, 2.45) is 4.99 Å². The van der Waals surface area contributed by atoms with E-state index in [4.69, 9.17) is 14.5 Å². The van der Waals surface area contributed by atoms with Gasteiger partial charge in [0.1, 0.15) is 0 Å². The van der Waals surface area contributed by atoms with Crippen LogP contribution in [0, 0.1) is 0 Å². The van der Waals surface area contributed by atoms with Crippen LogP contribution >= 0.6 is 11.3 Å². The highest BCUT2D eigenvalue weighted by Gasteiger charge is 2.33. The highest BCUT2D eigenvalue weighted by Crippen LogP contribution is 2.42. The van der Waals surface area contributed by atoms with E-state index in [9.17, 15) is 4.79 Å². The molecule has 1 aliphatic carbocycles. The van der Waals surface area contributed by atoms with Crippen molar-refractivity contribution in [3.8, 4) is 11.5 Å². The number of aromatic amines is 1. The van der Waals surface area contributed by atoms with Crippen molar-refractivity contribution in [3.05, 3.63) is 120 Å². The van der Waals surface area contributed by atoms with Crippen LogP contribution in [-0.4, -0.2) is 23.8 Å². The van der Waals surface area contributed by atoms with Crippen LogP contribution in [0.15, 0.2) is 88.3 Å². The number of nitrogens with one attached hydrogen (secondary N) is 1. The molecule has 1 aliphatic heterocycles. The van der Waals surface area contributed by atoms with Gasteiger partial charge in [0.15, 0.2) is 16.3 Å². The third-order valence-electron chi connectivity index (χ3n) is 7.50. The Morgan fingerprint density at radius 3 is 2.68 bits per heavy atom. The van der Waals surface area contributed by atoms with Gasteiger partial charge in [0.05, 0.1) is 30.5 Å². The molecule has 2 aromatic heterocycles. The molecule has 188 valence electrons. The standard InChI is InChI=1S/C31H25N3O3S/c1-36-25-14-12-19(15-26(25)37-2)29-23-13-11-18-7-3-4-9-22(18)28(23)33-31-34(29)30(35)27(38-31)16-20-17-32-24-10-6-5-8-21(20)24/h3-10,12,14-17,29,32H,11,13H2,1-2H3/t29-/m1/s1. The first-order valence-electron chi connectivity index (χ1n) is 12.6. The summed E-state index contributed by atoms with van der Waals surface area (Å²) < 4.78 is 13.6. The van der Waals surface area contributed by atoms with Gasteiger partial charge in [-0.25, -0.2) is 4.99 Å². The second-order valence-corrected chi connectivity index (χ2v) is 10.5. The lowest BCUT2D eigenvalue weighted by molar-refractivity contribution is 0.354. The molecular formula is C31H25N3O3S. The quantitative estimate of drug-likeness (QED) is 0.370. The Kier molecular flexibility index (Phi) is 5.33. The van der Waals surface area contributed by atoms with E-state index in [1.165, 1.54) is 16.9 Å². The number of nitrogens with zero attached hydrogens (tertiary/aromatic N) is 2. The molecule has 7 rings (SSSR count). The van der Waals surface area contributed by atoms with Gasteiger partial charge in [0, 0.05) is 28.2 Å². The van der Waals surface area contributed by atoms with Gasteiger partial charge in [-0.3, -0.25) is 9.36 Å². The molecule has 5 aromatic rings. The van der Waals surface area contributed by atoms with Crippen molar-refractivity contribution in [3.63, 3.8) is 0 Å². The van der Waals surface area contributed by atoms with E-state index < -0.39 is 0 Å². The third kappa shape index (κ3) is 3.46. The van der Waals surface area contributed by atoms with E-state index >= 15 is 0 Å². The SMILES string of the molecule is COc1ccc([C@@H]2C3=C(N=c4sc(=Cc5c[nH]c6ccccc56)c(=O)n42)c2ccccc2CC3)cc1OC. The summed E-state index contributed by atoms with van der Waals surface area (Å²) in [6.07, 6.45) is 5.68. The Hall–Kier alpha value is -4.36. The summed E-state index contributed by atoms with van der Waals surface area (Å²) in [4.78, 5) is 23.2. The summed E-state index contributed by atoms with van der Waals surface area (Å²) in [5, 5.41) is 1.09. The normalized spacial score (nSPS) is 16.6. The fraction of sp³-hybridized carbons (Fsp3) is 0.161. The van der Waals surface area contributed by atoms with Crippen LogP contribution in [0.5, 0.6) is 11.5 Å². The minimum absolute atomic E-state index is 0.0378. The number of methoxy groups -OCH3 is 2. The van der Waals surface area contributed by atoms with Gasteiger partial charge >= 0.3 is 0 Å². The molecule has 0 spiro atoms. The third-order valence-corrected chi connectivity index (χ3v) is 8.49. The number of fused-ring (bicyclic) bond motifs is 4. The molecule has 0 saturated carbocycles. The summed E-state index contributed by atoms with van der Waals surface area (Å²) in [5.41, 5.74) is 7.54. The molecule has 7 heteroatoms. The Balaban J connectivity index is 1.49. The van der Waals surface area contributed by atoms with Gasteiger partial charge in [0.2, 0.25) is 0 Å². The van der Waals surface area contributed by atoms with Crippen LogP contribution in [0.1, 0.15) is 34.7 Å². The Morgan fingerprint density at radius 1 is 1.00 bits per heavy atom. The average molecular weight is 520 g/mol. The number of allylic oxidation sites excluding steroid dienone is 1. The molecule has 38 heavy (non-hydrogen) atoms. The van der Waals surface area contributed by atoms with E-state index in [1.807, 2.05) is 53.2 Å². The number of H-pyrrole nitrogens is 1. The second-order valence-electron chi connectivity index (χ2n) is 9.52. The summed E-state index contributed by atoms with van der Waals surface area (Å²) in [6.45, 7) is 0. The smallest absolute Gasteiger partial charge is 0.271 e. The first kappa shape index (κ1) is 22.8. The fourth-order valence-corrected chi connectivity index (χ4v) is 6.69. The predicted molar refractivity (Wildman–Crippen MR) is 151 cm³/mol. The molecule has 0 saturated heterocycles. The van der Waals surface area contributed by atoms with Gasteiger partial charge in [-0.2, -0.15) is 0 Å². The number of hydrogen-bond acceptors (Lipinski definition) is 5. The summed E-state index contributed by atoms with van der Waals surface area (Å²) >= 11 is 1.44. The highest BCUT2D eigenvalue weighted by molar-refractivity contribution is 7.07. The monoisotopic (exact) mass is 519 g/mol. The lowest BCUT2D eigenvalue weighted by Gasteiger charge is -2.31. The maximum atomic E-state index is 14.1. The summed E-state index contributed by atoms with van der Waals surface area (Å²) in [7, 11) is 3.26. The van der Waals surface area contributed by atoms with Crippen molar-refractivity contribution in [1.29, 1.82) is 0 Å².